The van der Waals surface area contributed by atoms with E-state index in [0.29, 0.717) is 0 Å². The lowest BCUT2D eigenvalue weighted by Crippen LogP contribution is -2.44. The van der Waals surface area contributed by atoms with Crippen molar-refractivity contribution in [3.05, 3.63) is 23.8 Å². The molecule has 0 radical (unpaired) electrons. The van der Waals surface area contributed by atoms with E-state index in [9.17, 15) is 0 Å². The summed E-state index contributed by atoms with van der Waals surface area (Å²) in [4.78, 5) is 2.49. The van der Waals surface area contributed by atoms with E-state index < -0.39 is 0 Å². The van der Waals surface area contributed by atoms with Crippen LogP contribution in [0.5, 0.6) is 11.5 Å². The summed E-state index contributed by atoms with van der Waals surface area (Å²) in [5.74, 6) is 1.61. The number of methoxy groups -OCH3 is 2. The van der Waals surface area contributed by atoms with Crippen molar-refractivity contribution in [3.8, 4) is 11.5 Å². The molecule has 20 heavy (non-hydrogen) atoms. The summed E-state index contributed by atoms with van der Waals surface area (Å²) in [6, 6.07) is 6.16. The van der Waals surface area contributed by atoms with Crippen molar-refractivity contribution in [2.45, 2.75) is 6.42 Å². The summed E-state index contributed by atoms with van der Waals surface area (Å²) < 4.78 is 10.6. The van der Waals surface area contributed by atoms with E-state index >= 15 is 0 Å². The third kappa shape index (κ3) is 5.37. The fourth-order valence-corrected chi connectivity index (χ4v) is 2.26. The Hall–Kier alpha value is -0.680. The summed E-state index contributed by atoms with van der Waals surface area (Å²) in [7, 11) is 3.34. The summed E-state index contributed by atoms with van der Waals surface area (Å²) in [6.07, 6.45) is 1.06. The van der Waals surface area contributed by atoms with Crippen LogP contribution in [0.25, 0.3) is 0 Å². The van der Waals surface area contributed by atoms with Crippen LogP contribution in [-0.2, 0) is 6.42 Å². The molecule has 1 aromatic carbocycles. The molecule has 4 nitrogen and oxygen atoms in total. The summed E-state index contributed by atoms with van der Waals surface area (Å²) >= 11 is 0. The van der Waals surface area contributed by atoms with Crippen molar-refractivity contribution < 1.29 is 9.47 Å². The van der Waals surface area contributed by atoms with Gasteiger partial charge in [0, 0.05) is 32.7 Å². The first kappa shape index (κ1) is 19.3. The molecule has 0 unspecified atom stereocenters. The van der Waals surface area contributed by atoms with E-state index in [-0.39, 0.29) is 24.8 Å². The van der Waals surface area contributed by atoms with Gasteiger partial charge in [-0.1, -0.05) is 6.07 Å². The van der Waals surface area contributed by atoms with Crippen molar-refractivity contribution in [2.75, 3.05) is 46.9 Å². The van der Waals surface area contributed by atoms with Gasteiger partial charge in [0.05, 0.1) is 14.2 Å². The van der Waals surface area contributed by atoms with Crippen molar-refractivity contribution >= 4 is 24.8 Å². The monoisotopic (exact) mass is 322 g/mol. The lowest BCUT2D eigenvalue weighted by atomic mass is 10.1. The van der Waals surface area contributed by atoms with E-state index in [0.717, 1.165) is 50.6 Å². The SMILES string of the molecule is COc1ccc(CCN2CCNCC2)cc1OC.Cl.Cl. The molecule has 1 aliphatic heterocycles. The van der Waals surface area contributed by atoms with Gasteiger partial charge in [-0.05, 0) is 24.1 Å². The van der Waals surface area contributed by atoms with E-state index in [1.807, 2.05) is 6.07 Å². The first-order chi connectivity index (χ1) is 8.83. The molecule has 1 heterocycles. The summed E-state index contributed by atoms with van der Waals surface area (Å²) in [5, 5.41) is 3.37. The lowest BCUT2D eigenvalue weighted by Gasteiger charge is -2.27. The Labute approximate surface area is 133 Å². The minimum atomic E-state index is 0. The van der Waals surface area contributed by atoms with Crippen LogP contribution < -0.4 is 14.8 Å². The number of piperazine rings is 1. The van der Waals surface area contributed by atoms with Crippen LogP contribution in [-0.4, -0.2) is 51.8 Å². The van der Waals surface area contributed by atoms with Crippen molar-refractivity contribution in [2.24, 2.45) is 0 Å². The molecule has 0 aliphatic carbocycles. The van der Waals surface area contributed by atoms with Gasteiger partial charge in [-0.15, -0.1) is 24.8 Å². The molecule has 1 aromatic rings. The van der Waals surface area contributed by atoms with Crippen molar-refractivity contribution in [1.82, 2.24) is 10.2 Å². The topological polar surface area (TPSA) is 33.7 Å². The molecule has 0 amide bonds. The van der Waals surface area contributed by atoms with Crippen molar-refractivity contribution in [1.29, 1.82) is 0 Å². The highest BCUT2D eigenvalue weighted by molar-refractivity contribution is 5.85. The Morgan fingerprint density at radius 2 is 1.70 bits per heavy atom. The first-order valence-electron chi connectivity index (χ1n) is 6.47. The predicted molar refractivity (Wildman–Crippen MR) is 87.1 cm³/mol. The van der Waals surface area contributed by atoms with Gasteiger partial charge in [0.2, 0.25) is 0 Å². The number of ether oxygens (including phenoxy) is 2. The van der Waals surface area contributed by atoms with Crippen LogP contribution in [0.15, 0.2) is 18.2 Å². The molecule has 0 aromatic heterocycles. The van der Waals surface area contributed by atoms with Crippen LogP contribution in [0, 0.1) is 0 Å². The molecular weight excluding hydrogens is 299 g/mol. The number of halogens is 2. The number of hydrogen-bond acceptors (Lipinski definition) is 4. The minimum absolute atomic E-state index is 0. The average Bonchev–Trinajstić information content (AvgIpc) is 2.45. The van der Waals surface area contributed by atoms with E-state index in [4.69, 9.17) is 9.47 Å². The van der Waals surface area contributed by atoms with Gasteiger partial charge in [-0.2, -0.15) is 0 Å². The highest BCUT2D eigenvalue weighted by atomic mass is 35.5. The molecule has 1 saturated heterocycles. The number of nitrogens with one attached hydrogen (secondary N) is 1. The predicted octanol–water partition coefficient (Wildman–Crippen LogP) is 2.00. The van der Waals surface area contributed by atoms with Crippen LogP contribution >= 0.6 is 24.8 Å². The van der Waals surface area contributed by atoms with Gasteiger partial charge in [0.1, 0.15) is 0 Å². The lowest BCUT2D eigenvalue weighted by molar-refractivity contribution is 0.244. The van der Waals surface area contributed by atoms with Crippen LogP contribution in [0.3, 0.4) is 0 Å². The minimum Gasteiger partial charge on any atom is -0.493 e. The smallest absolute Gasteiger partial charge is 0.160 e. The van der Waals surface area contributed by atoms with E-state index in [1.54, 1.807) is 14.2 Å². The maximum absolute atomic E-state index is 5.32. The number of hydrogen-bond donors (Lipinski definition) is 1. The molecule has 6 heteroatoms. The second-order valence-electron chi connectivity index (χ2n) is 4.53. The Bertz CT molecular complexity index is 385. The average molecular weight is 323 g/mol. The third-order valence-corrected chi connectivity index (χ3v) is 3.37. The van der Waals surface area contributed by atoms with Crippen molar-refractivity contribution in [3.63, 3.8) is 0 Å². The Morgan fingerprint density at radius 1 is 1.05 bits per heavy atom. The Kier molecular flexibility index (Phi) is 9.76. The number of benzene rings is 1. The van der Waals surface area contributed by atoms with Gasteiger partial charge in [-0.3, -0.25) is 0 Å². The Balaban J connectivity index is 0.00000180. The highest BCUT2D eigenvalue weighted by Gasteiger charge is 2.10. The van der Waals surface area contributed by atoms with Crippen LogP contribution in [0.2, 0.25) is 0 Å². The molecule has 1 fully saturated rings. The van der Waals surface area contributed by atoms with Gasteiger partial charge < -0.3 is 19.7 Å². The largest absolute Gasteiger partial charge is 0.493 e. The fraction of sp³-hybridized carbons (Fsp3) is 0.571. The maximum atomic E-state index is 5.32. The first-order valence-corrected chi connectivity index (χ1v) is 6.47. The normalized spacial score (nSPS) is 14.9. The molecule has 0 spiro atoms. The molecule has 0 saturated carbocycles. The van der Waals surface area contributed by atoms with Gasteiger partial charge in [0.25, 0.3) is 0 Å². The molecule has 1 aliphatic rings. The number of rotatable bonds is 5. The standard InChI is InChI=1S/C14H22N2O2.2ClH/c1-17-13-4-3-12(11-14(13)18-2)5-8-16-9-6-15-7-10-16;;/h3-4,11,15H,5-10H2,1-2H3;2*1H. The fourth-order valence-electron chi connectivity index (χ4n) is 2.26. The summed E-state index contributed by atoms with van der Waals surface area (Å²) in [5.41, 5.74) is 1.30. The zero-order valence-electron chi connectivity index (χ0n) is 12.1. The van der Waals surface area contributed by atoms with Gasteiger partial charge in [0.15, 0.2) is 11.5 Å². The van der Waals surface area contributed by atoms with Gasteiger partial charge in [-0.25, -0.2) is 0 Å². The molecule has 116 valence electrons. The maximum Gasteiger partial charge on any atom is 0.160 e. The second-order valence-corrected chi connectivity index (χ2v) is 4.53. The quantitative estimate of drug-likeness (QED) is 0.899. The van der Waals surface area contributed by atoms with Gasteiger partial charge >= 0.3 is 0 Å². The molecule has 0 bridgehead atoms. The third-order valence-electron chi connectivity index (χ3n) is 3.37. The Morgan fingerprint density at radius 3 is 2.30 bits per heavy atom. The number of nitrogens with zero attached hydrogens (tertiary/aromatic N) is 1. The van der Waals surface area contributed by atoms with Crippen LogP contribution in [0.1, 0.15) is 5.56 Å². The van der Waals surface area contributed by atoms with Crippen LogP contribution in [0.4, 0.5) is 0 Å². The highest BCUT2D eigenvalue weighted by Crippen LogP contribution is 2.27. The second kappa shape index (κ2) is 10.1. The zero-order valence-corrected chi connectivity index (χ0v) is 13.7. The summed E-state index contributed by atoms with van der Waals surface area (Å²) in [6.45, 7) is 5.61. The zero-order chi connectivity index (χ0) is 12.8. The molecule has 0 atom stereocenters. The molecule has 1 N–H and O–H groups in total. The van der Waals surface area contributed by atoms with E-state index in [2.05, 4.69) is 22.3 Å². The van der Waals surface area contributed by atoms with E-state index in [1.165, 1.54) is 5.56 Å². The molecular formula is C14H24Cl2N2O2. The molecule has 2 rings (SSSR count).